The summed E-state index contributed by atoms with van der Waals surface area (Å²) in [6.07, 6.45) is -3.73. The molecule has 0 aliphatic carbocycles. The number of nitrogens with zero attached hydrogens (tertiary/aromatic N) is 2. The monoisotopic (exact) mass is 269 g/mol. The number of halogens is 3. The van der Waals surface area contributed by atoms with Gasteiger partial charge in [-0.2, -0.15) is 18.3 Å². The van der Waals surface area contributed by atoms with Gasteiger partial charge in [-0.3, -0.25) is 4.68 Å². The smallest absolute Gasteiger partial charge is 0.330 e. The fraction of sp³-hybridized carbons (Fsp3) is 0.308. The summed E-state index contributed by atoms with van der Waals surface area (Å²) in [5.41, 5.74) is 6.70. The SMILES string of the molecule is Cn1nc(CCN)cc1-c1cccc(C(F)(F)F)c1. The number of hydrogen-bond donors (Lipinski definition) is 1. The second-order valence-electron chi connectivity index (χ2n) is 4.26. The molecule has 1 aromatic carbocycles. The van der Waals surface area contributed by atoms with Crippen LogP contribution in [0.25, 0.3) is 11.3 Å². The molecule has 0 aliphatic heterocycles. The van der Waals surface area contributed by atoms with Crippen LogP contribution < -0.4 is 5.73 Å². The Labute approximate surface area is 108 Å². The Morgan fingerprint density at radius 2 is 2.00 bits per heavy atom. The van der Waals surface area contributed by atoms with Crippen molar-refractivity contribution in [2.45, 2.75) is 12.6 Å². The zero-order valence-electron chi connectivity index (χ0n) is 10.4. The molecule has 3 nitrogen and oxygen atoms in total. The molecule has 0 saturated heterocycles. The zero-order chi connectivity index (χ0) is 14.0. The van der Waals surface area contributed by atoms with Crippen LogP contribution in [0.15, 0.2) is 30.3 Å². The van der Waals surface area contributed by atoms with Crippen LogP contribution in [0.5, 0.6) is 0 Å². The van der Waals surface area contributed by atoms with E-state index < -0.39 is 11.7 Å². The van der Waals surface area contributed by atoms with Gasteiger partial charge in [0.05, 0.1) is 17.0 Å². The molecule has 6 heteroatoms. The maximum absolute atomic E-state index is 12.7. The van der Waals surface area contributed by atoms with Gasteiger partial charge in [-0.25, -0.2) is 0 Å². The number of hydrogen-bond acceptors (Lipinski definition) is 2. The molecule has 1 heterocycles. The summed E-state index contributed by atoms with van der Waals surface area (Å²) in [5, 5.41) is 4.22. The molecule has 2 aromatic rings. The Morgan fingerprint density at radius 1 is 1.26 bits per heavy atom. The molecular formula is C13H14F3N3. The van der Waals surface area contributed by atoms with E-state index in [2.05, 4.69) is 5.10 Å². The fourth-order valence-electron chi connectivity index (χ4n) is 1.92. The molecule has 0 saturated carbocycles. The molecule has 0 atom stereocenters. The molecule has 0 fully saturated rings. The quantitative estimate of drug-likeness (QED) is 0.930. The van der Waals surface area contributed by atoms with Crippen LogP contribution in [-0.2, 0) is 19.6 Å². The third-order valence-electron chi connectivity index (χ3n) is 2.82. The van der Waals surface area contributed by atoms with E-state index in [0.717, 1.165) is 17.8 Å². The van der Waals surface area contributed by atoms with Crippen LogP contribution in [0.1, 0.15) is 11.3 Å². The van der Waals surface area contributed by atoms with Gasteiger partial charge in [0.25, 0.3) is 0 Å². The Kier molecular flexibility index (Phi) is 3.61. The summed E-state index contributed by atoms with van der Waals surface area (Å²) in [5.74, 6) is 0. The van der Waals surface area contributed by atoms with Gasteiger partial charge < -0.3 is 5.73 Å². The van der Waals surface area contributed by atoms with Crippen molar-refractivity contribution in [3.63, 3.8) is 0 Å². The lowest BCUT2D eigenvalue weighted by Crippen LogP contribution is -2.05. The highest BCUT2D eigenvalue weighted by molar-refractivity contribution is 5.61. The van der Waals surface area contributed by atoms with Gasteiger partial charge in [-0.15, -0.1) is 0 Å². The van der Waals surface area contributed by atoms with E-state index in [4.69, 9.17) is 5.73 Å². The van der Waals surface area contributed by atoms with Crippen LogP contribution in [-0.4, -0.2) is 16.3 Å². The number of benzene rings is 1. The topological polar surface area (TPSA) is 43.8 Å². The fourth-order valence-corrected chi connectivity index (χ4v) is 1.92. The number of alkyl halides is 3. The average Bonchev–Trinajstić information content (AvgIpc) is 2.70. The highest BCUT2D eigenvalue weighted by Gasteiger charge is 2.30. The lowest BCUT2D eigenvalue weighted by molar-refractivity contribution is -0.137. The highest BCUT2D eigenvalue weighted by Crippen LogP contribution is 2.32. The zero-order valence-corrected chi connectivity index (χ0v) is 10.4. The Bertz CT molecular complexity index is 573. The van der Waals surface area contributed by atoms with E-state index in [-0.39, 0.29) is 0 Å². The summed E-state index contributed by atoms with van der Waals surface area (Å²) < 4.78 is 39.6. The lowest BCUT2D eigenvalue weighted by Gasteiger charge is -2.08. The standard InChI is InChI=1S/C13H14F3N3/c1-19-12(8-11(18-19)5-6-17)9-3-2-4-10(7-9)13(14,15)16/h2-4,7-8H,5-6,17H2,1H3. The van der Waals surface area contributed by atoms with Crippen LogP contribution in [0.4, 0.5) is 13.2 Å². The molecular weight excluding hydrogens is 255 g/mol. The summed E-state index contributed by atoms with van der Waals surface area (Å²) in [4.78, 5) is 0. The van der Waals surface area contributed by atoms with Crippen LogP contribution in [0.2, 0.25) is 0 Å². The van der Waals surface area contributed by atoms with Gasteiger partial charge in [-0.1, -0.05) is 12.1 Å². The van der Waals surface area contributed by atoms with Crippen molar-refractivity contribution in [2.24, 2.45) is 12.8 Å². The molecule has 0 unspecified atom stereocenters. The molecule has 0 spiro atoms. The van der Waals surface area contributed by atoms with Crippen molar-refractivity contribution < 1.29 is 13.2 Å². The van der Waals surface area contributed by atoms with E-state index in [1.54, 1.807) is 23.9 Å². The van der Waals surface area contributed by atoms with Crippen molar-refractivity contribution in [2.75, 3.05) is 6.54 Å². The maximum atomic E-state index is 12.7. The Balaban J connectivity index is 2.42. The number of nitrogens with two attached hydrogens (primary N) is 1. The van der Waals surface area contributed by atoms with Crippen LogP contribution in [0.3, 0.4) is 0 Å². The second kappa shape index (κ2) is 5.05. The van der Waals surface area contributed by atoms with Crippen molar-refractivity contribution in [3.05, 3.63) is 41.6 Å². The van der Waals surface area contributed by atoms with Crippen LogP contribution in [0, 0.1) is 0 Å². The van der Waals surface area contributed by atoms with E-state index in [1.807, 2.05) is 0 Å². The van der Waals surface area contributed by atoms with Crippen molar-refractivity contribution >= 4 is 0 Å². The highest BCUT2D eigenvalue weighted by atomic mass is 19.4. The van der Waals surface area contributed by atoms with E-state index in [1.165, 1.54) is 6.07 Å². The van der Waals surface area contributed by atoms with E-state index in [0.29, 0.717) is 24.2 Å². The lowest BCUT2D eigenvalue weighted by atomic mass is 10.1. The first-order valence-corrected chi connectivity index (χ1v) is 5.82. The molecule has 1 aromatic heterocycles. The summed E-state index contributed by atoms with van der Waals surface area (Å²) in [6.45, 7) is 0.457. The van der Waals surface area contributed by atoms with Crippen LogP contribution >= 0.6 is 0 Å². The van der Waals surface area contributed by atoms with E-state index >= 15 is 0 Å². The minimum atomic E-state index is -4.34. The molecule has 19 heavy (non-hydrogen) atoms. The summed E-state index contributed by atoms with van der Waals surface area (Å²) in [7, 11) is 1.70. The van der Waals surface area contributed by atoms with Crippen molar-refractivity contribution in [3.8, 4) is 11.3 Å². The van der Waals surface area contributed by atoms with Gasteiger partial charge in [0.2, 0.25) is 0 Å². The number of aromatic nitrogens is 2. The maximum Gasteiger partial charge on any atom is 0.416 e. The van der Waals surface area contributed by atoms with E-state index in [9.17, 15) is 13.2 Å². The third-order valence-corrected chi connectivity index (χ3v) is 2.82. The minimum Gasteiger partial charge on any atom is -0.330 e. The largest absolute Gasteiger partial charge is 0.416 e. The summed E-state index contributed by atoms with van der Waals surface area (Å²) in [6, 6.07) is 6.98. The summed E-state index contributed by atoms with van der Waals surface area (Å²) >= 11 is 0. The molecule has 0 aliphatic rings. The van der Waals surface area contributed by atoms with Gasteiger partial charge in [-0.05, 0) is 24.7 Å². The molecule has 0 amide bonds. The third kappa shape index (κ3) is 2.96. The van der Waals surface area contributed by atoms with Gasteiger partial charge in [0, 0.05) is 19.0 Å². The van der Waals surface area contributed by atoms with Gasteiger partial charge in [0.15, 0.2) is 0 Å². The predicted octanol–water partition coefficient (Wildman–Crippen LogP) is 2.61. The molecule has 0 radical (unpaired) electrons. The first-order chi connectivity index (χ1) is 8.91. The molecule has 102 valence electrons. The molecule has 0 bridgehead atoms. The van der Waals surface area contributed by atoms with Gasteiger partial charge >= 0.3 is 6.18 Å². The molecule has 2 rings (SSSR count). The second-order valence-corrected chi connectivity index (χ2v) is 4.26. The van der Waals surface area contributed by atoms with Gasteiger partial charge in [0.1, 0.15) is 0 Å². The first kappa shape index (κ1) is 13.6. The number of rotatable bonds is 3. The Morgan fingerprint density at radius 3 is 2.63 bits per heavy atom. The average molecular weight is 269 g/mol. The first-order valence-electron chi connectivity index (χ1n) is 5.82. The van der Waals surface area contributed by atoms with Crippen molar-refractivity contribution in [1.29, 1.82) is 0 Å². The van der Waals surface area contributed by atoms with Crippen molar-refractivity contribution in [1.82, 2.24) is 9.78 Å². The number of aryl methyl sites for hydroxylation is 1. The predicted molar refractivity (Wildman–Crippen MR) is 66.4 cm³/mol. The minimum absolute atomic E-state index is 0.457. The normalized spacial score (nSPS) is 11.8. The Hall–Kier alpha value is -1.82. The molecule has 2 N–H and O–H groups in total.